The second-order valence-corrected chi connectivity index (χ2v) is 20.2. The molecular weight excluding hydrogens is 978 g/mol. The van der Waals surface area contributed by atoms with E-state index in [9.17, 15) is 43.4 Å². The molecule has 2 saturated carbocycles. The third-order valence-electron chi connectivity index (χ3n) is 14.4. The summed E-state index contributed by atoms with van der Waals surface area (Å²) in [5, 5.41) is 16.8. The predicted molar refractivity (Wildman–Crippen MR) is 250 cm³/mol. The number of ketones is 1. The lowest BCUT2D eigenvalue weighted by Crippen LogP contribution is -2.82. The Kier molecular flexibility index (Phi) is 15.9. The summed E-state index contributed by atoms with van der Waals surface area (Å²) < 4.78 is 64.3. The van der Waals surface area contributed by atoms with Crippen LogP contribution in [-0.4, -0.2) is 124 Å². The normalized spacial score (nSPS) is 28.9. The molecular formula is C51H58NO20P. The van der Waals surface area contributed by atoms with Gasteiger partial charge in [-0.05, 0) is 61.7 Å². The molecule has 22 heteroatoms. The zero-order valence-corrected chi connectivity index (χ0v) is 41.9. The Morgan fingerprint density at radius 2 is 1.45 bits per heavy atom. The van der Waals surface area contributed by atoms with Crippen molar-refractivity contribution in [3.63, 3.8) is 0 Å². The van der Waals surface area contributed by atoms with Crippen LogP contribution in [0.15, 0.2) is 102 Å². The molecule has 11 atom stereocenters. The van der Waals surface area contributed by atoms with E-state index in [0.717, 1.165) is 13.8 Å². The summed E-state index contributed by atoms with van der Waals surface area (Å²) in [4.78, 5) is 119. The lowest BCUT2D eigenvalue weighted by Gasteiger charge is -2.67. The predicted octanol–water partition coefficient (Wildman–Crippen LogP) is 5.01. The molecule has 7 rings (SSSR count). The number of amides is 1. The molecule has 73 heavy (non-hydrogen) atoms. The van der Waals surface area contributed by atoms with Crippen LogP contribution in [0.3, 0.4) is 0 Å². The second-order valence-electron chi connectivity index (χ2n) is 19.0. The van der Waals surface area contributed by atoms with E-state index >= 15 is 9.59 Å². The highest BCUT2D eigenvalue weighted by Gasteiger charge is 2.79. The molecule has 1 unspecified atom stereocenters. The van der Waals surface area contributed by atoms with Crippen LogP contribution in [0, 0.1) is 16.7 Å². The number of fused-ring (bicyclic) bond motifs is 5. The average molecular weight is 1040 g/mol. The van der Waals surface area contributed by atoms with Gasteiger partial charge in [0.25, 0.3) is 5.91 Å². The van der Waals surface area contributed by atoms with Crippen LogP contribution in [0.4, 0.5) is 4.79 Å². The van der Waals surface area contributed by atoms with Gasteiger partial charge in [-0.2, -0.15) is 0 Å². The average Bonchev–Trinajstić information content (AvgIpc) is 3.33. The fraction of sp³-hybridized carbons (Fsp3) is 0.471. The van der Waals surface area contributed by atoms with Crippen molar-refractivity contribution < 1.29 is 95.4 Å². The molecule has 3 aromatic rings. The molecule has 3 aromatic carbocycles. The van der Waals surface area contributed by atoms with E-state index in [2.05, 4.69) is 9.84 Å². The molecule has 3 fully saturated rings. The number of esters is 4. The number of aliphatic hydroxyl groups is 1. The van der Waals surface area contributed by atoms with Crippen molar-refractivity contribution in [1.82, 2.24) is 5.32 Å². The molecule has 4 N–H and O–H groups in total. The zero-order chi connectivity index (χ0) is 53.3. The summed E-state index contributed by atoms with van der Waals surface area (Å²) in [6.45, 7) is 7.68. The fourth-order valence-electron chi connectivity index (χ4n) is 10.9. The second kappa shape index (κ2) is 21.3. The van der Waals surface area contributed by atoms with Crippen LogP contribution in [0.1, 0.15) is 93.6 Å². The molecule has 1 amide bonds. The largest absolute Gasteiger partial charge is 0.509 e. The van der Waals surface area contributed by atoms with Crippen molar-refractivity contribution in [2.45, 2.75) is 115 Å². The van der Waals surface area contributed by atoms with Gasteiger partial charge in [-0.1, -0.05) is 80.6 Å². The van der Waals surface area contributed by atoms with E-state index in [1.807, 2.05) is 0 Å². The zero-order valence-electron chi connectivity index (χ0n) is 41.0. The maximum absolute atomic E-state index is 16.1. The summed E-state index contributed by atoms with van der Waals surface area (Å²) >= 11 is 0. The number of hydrogen-bond donors (Lipinski definition) is 4. The first-order chi connectivity index (χ1) is 34.4. The van der Waals surface area contributed by atoms with Crippen molar-refractivity contribution in [2.24, 2.45) is 16.7 Å². The van der Waals surface area contributed by atoms with Gasteiger partial charge in [0.1, 0.15) is 30.0 Å². The van der Waals surface area contributed by atoms with E-state index < -0.39 is 140 Å². The maximum Gasteiger partial charge on any atom is 0.509 e. The first-order valence-electron chi connectivity index (χ1n) is 23.4. The summed E-state index contributed by atoms with van der Waals surface area (Å²) in [6, 6.07) is 22.1. The number of ether oxygens (including phenoxy) is 8. The fourth-order valence-corrected chi connectivity index (χ4v) is 11.1. The molecule has 2 bridgehead atoms. The van der Waals surface area contributed by atoms with Gasteiger partial charge >= 0.3 is 37.9 Å². The van der Waals surface area contributed by atoms with E-state index in [-0.39, 0.29) is 40.9 Å². The van der Waals surface area contributed by atoms with Gasteiger partial charge in [0.05, 0.1) is 36.2 Å². The number of carbonyl (C=O) groups excluding carboxylic acids is 7. The number of phosphoric ester groups is 1. The molecule has 0 aromatic heterocycles. The van der Waals surface area contributed by atoms with Crippen LogP contribution in [0.5, 0.6) is 0 Å². The standard InChI is InChI=1S/C51H58NO20P/c1-8-64-47(59)70-40(38(31-18-12-9-13-19-31)52-44(56)32-20-14-10-15-21-32)46(58)69-34-25-51(60)43(71-45(57)33-22-16-11-17-23-33)41-49(7,42(55)39(68-29(3)53)37(28(34)2)48(51,5)6)35(66-27-67-73(61,62)63)24-36-50(41,26-65-36)72-30(4)54/h9-23,34-36,38-41,43,60H,8,24-27H2,1-7H3,(H,52,56)(H2,61,62,63)/t34-,35-,36+,38-,39+,40+,41?,43-,49+,50-,51+/m0/s1. The molecule has 1 saturated heterocycles. The molecule has 3 aliphatic carbocycles. The van der Waals surface area contributed by atoms with Crippen LogP contribution >= 0.6 is 7.82 Å². The SMILES string of the molecule is CCOC(=O)O[C@@H](C(=O)O[C@H]1C[C@@]2(O)[C@@H](OC(=O)c3ccccc3)C3[C@](C)(C(=O)[C@H](OC(C)=O)C(=C1C)C2(C)C)[C@@H](OCOP(=O)(O)O)C[C@H]1OC[C@@]31OC(C)=O)[C@@H](NC(=O)c1ccccc1)c1ccccc1. The van der Waals surface area contributed by atoms with Crippen LogP contribution in [0.2, 0.25) is 0 Å². The molecule has 0 spiro atoms. The van der Waals surface area contributed by atoms with Crippen molar-refractivity contribution in [3.8, 4) is 0 Å². The first-order valence-corrected chi connectivity index (χ1v) is 24.9. The minimum Gasteiger partial charge on any atom is -0.455 e. The summed E-state index contributed by atoms with van der Waals surface area (Å²) in [7, 11) is -5.19. The van der Waals surface area contributed by atoms with Gasteiger partial charge in [0, 0.05) is 37.7 Å². The summed E-state index contributed by atoms with van der Waals surface area (Å²) in [5.74, 6) is -7.58. The highest BCUT2D eigenvalue weighted by atomic mass is 31.2. The minimum atomic E-state index is -5.19. The molecule has 0 radical (unpaired) electrons. The van der Waals surface area contributed by atoms with E-state index in [0.29, 0.717) is 0 Å². The highest BCUT2D eigenvalue weighted by molar-refractivity contribution is 7.46. The molecule has 4 aliphatic rings. The number of nitrogens with one attached hydrogen (secondary N) is 1. The Morgan fingerprint density at radius 3 is 2.00 bits per heavy atom. The van der Waals surface area contributed by atoms with Crippen molar-refractivity contribution in [2.75, 3.05) is 20.0 Å². The van der Waals surface area contributed by atoms with Crippen LogP contribution in [-0.2, 0) is 66.2 Å². The first kappa shape index (κ1) is 54.5. The lowest BCUT2D eigenvalue weighted by molar-refractivity contribution is -0.350. The Balaban J connectivity index is 1.45. The third kappa shape index (κ3) is 10.6. The van der Waals surface area contributed by atoms with Gasteiger partial charge in [0.2, 0.25) is 6.10 Å². The topological polar surface area (TPSA) is 292 Å². The van der Waals surface area contributed by atoms with Gasteiger partial charge in [0.15, 0.2) is 24.3 Å². The van der Waals surface area contributed by atoms with E-state index in [1.165, 1.54) is 58.9 Å². The lowest BCUT2D eigenvalue weighted by atomic mass is 9.44. The smallest absolute Gasteiger partial charge is 0.455 e. The van der Waals surface area contributed by atoms with E-state index in [4.69, 9.17) is 37.9 Å². The van der Waals surface area contributed by atoms with Crippen molar-refractivity contribution in [3.05, 3.63) is 119 Å². The van der Waals surface area contributed by atoms with Gasteiger partial charge in [-0.3, -0.25) is 23.7 Å². The van der Waals surface area contributed by atoms with Crippen LogP contribution < -0.4 is 5.32 Å². The number of phosphoric acid groups is 1. The van der Waals surface area contributed by atoms with Gasteiger partial charge in [-0.25, -0.2) is 18.9 Å². The monoisotopic (exact) mass is 1040 g/mol. The summed E-state index contributed by atoms with van der Waals surface area (Å²) in [6.07, 6.45) is -12.7. The Bertz CT molecular complexity index is 2680. The maximum atomic E-state index is 16.1. The number of Topliss-reactive ketones (excluding diaryl/α,β-unsaturated/α-hetero) is 1. The Labute approximate surface area is 420 Å². The number of benzene rings is 3. The molecule has 1 aliphatic heterocycles. The number of hydrogen-bond acceptors (Lipinski definition) is 18. The Hall–Kier alpha value is -6.32. The van der Waals surface area contributed by atoms with Crippen LogP contribution in [0.25, 0.3) is 0 Å². The quantitative estimate of drug-likeness (QED) is 0.0482. The number of carbonyl (C=O) groups is 7. The molecule has 392 valence electrons. The number of rotatable bonds is 16. The minimum absolute atomic E-state index is 0.0208. The molecule has 1 heterocycles. The third-order valence-corrected chi connectivity index (χ3v) is 14.8. The Morgan fingerprint density at radius 1 is 0.849 bits per heavy atom. The van der Waals surface area contributed by atoms with Gasteiger partial charge in [-0.15, -0.1) is 0 Å². The van der Waals surface area contributed by atoms with Crippen molar-refractivity contribution in [1.29, 1.82) is 0 Å². The molecule has 21 nitrogen and oxygen atoms in total. The van der Waals surface area contributed by atoms with E-state index in [1.54, 1.807) is 66.7 Å². The highest BCUT2D eigenvalue weighted by Crippen LogP contribution is 2.65. The van der Waals surface area contributed by atoms with Gasteiger partial charge < -0.3 is 58.1 Å². The van der Waals surface area contributed by atoms with Crippen molar-refractivity contribution >= 4 is 49.5 Å². The summed E-state index contributed by atoms with van der Waals surface area (Å²) in [5.41, 5.74) is -8.19.